The van der Waals surface area contributed by atoms with Gasteiger partial charge in [-0.2, -0.15) is 0 Å². The fourth-order valence-corrected chi connectivity index (χ4v) is 2.46. The first-order chi connectivity index (χ1) is 8.66. The van der Waals surface area contributed by atoms with Crippen molar-refractivity contribution in [3.05, 3.63) is 42.5 Å². The minimum Gasteiger partial charge on any atom is -0.481 e. The first-order valence-electron chi connectivity index (χ1n) is 5.49. The van der Waals surface area contributed by atoms with E-state index in [1.54, 1.807) is 6.07 Å². The zero-order valence-corrected chi connectivity index (χ0v) is 10.5. The second-order valence-corrected chi connectivity index (χ2v) is 5.06. The normalized spacial score (nSPS) is 11.2. The molecule has 0 saturated carbocycles. The monoisotopic (exact) mass is 263 g/mol. The summed E-state index contributed by atoms with van der Waals surface area (Å²) in [5.74, 6) is -0.445. The molecule has 18 heavy (non-hydrogen) atoms. The summed E-state index contributed by atoms with van der Waals surface area (Å²) in [5, 5.41) is 10.4. The van der Waals surface area contributed by atoms with Crippen molar-refractivity contribution in [1.29, 1.82) is 0 Å². The van der Waals surface area contributed by atoms with E-state index >= 15 is 0 Å². The van der Waals surface area contributed by atoms with Gasteiger partial charge in [-0.05, 0) is 16.0 Å². The SMILES string of the molecule is O=C(O)CC[P+](=O)Oc1cccc2ccccc12. The van der Waals surface area contributed by atoms with E-state index in [4.69, 9.17) is 9.63 Å². The second kappa shape index (κ2) is 5.61. The van der Waals surface area contributed by atoms with E-state index in [0.29, 0.717) is 5.75 Å². The van der Waals surface area contributed by atoms with Crippen LogP contribution < -0.4 is 4.52 Å². The topological polar surface area (TPSA) is 63.6 Å². The highest BCUT2D eigenvalue weighted by Crippen LogP contribution is 2.33. The van der Waals surface area contributed by atoms with E-state index in [1.807, 2.05) is 36.4 Å². The van der Waals surface area contributed by atoms with Crippen LogP contribution in [-0.4, -0.2) is 17.2 Å². The largest absolute Gasteiger partial charge is 0.556 e. The number of hydrogen-bond acceptors (Lipinski definition) is 3. The third-order valence-corrected chi connectivity index (χ3v) is 3.45. The van der Waals surface area contributed by atoms with Gasteiger partial charge in [0.05, 0.1) is 6.42 Å². The third kappa shape index (κ3) is 3.05. The Morgan fingerprint density at radius 2 is 1.89 bits per heavy atom. The first kappa shape index (κ1) is 12.5. The van der Waals surface area contributed by atoms with Crippen molar-refractivity contribution in [3.8, 4) is 5.75 Å². The number of fused-ring (bicyclic) bond motifs is 1. The molecular weight excluding hydrogens is 251 g/mol. The van der Waals surface area contributed by atoms with Gasteiger partial charge in [0, 0.05) is 5.39 Å². The molecule has 1 unspecified atom stereocenters. The van der Waals surface area contributed by atoms with Gasteiger partial charge in [0.15, 0.2) is 11.9 Å². The maximum Gasteiger partial charge on any atom is 0.556 e. The predicted molar refractivity (Wildman–Crippen MR) is 69.3 cm³/mol. The molecule has 2 aromatic rings. The summed E-state index contributed by atoms with van der Waals surface area (Å²) < 4.78 is 16.9. The fraction of sp³-hybridized carbons (Fsp3) is 0.154. The van der Waals surface area contributed by atoms with E-state index in [9.17, 15) is 9.36 Å². The number of carboxylic acid groups (broad SMARTS) is 1. The van der Waals surface area contributed by atoms with Crippen molar-refractivity contribution in [2.45, 2.75) is 6.42 Å². The van der Waals surface area contributed by atoms with Crippen molar-refractivity contribution < 1.29 is 19.0 Å². The van der Waals surface area contributed by atoms with Crippen LogP contribution in [0.5, 0.6) is 5.75 Å². The van der Waals surface area contributed by atoms with Gasteiger partial charge in [0.25, 0.3) is 0 Å². The molecule has 92 valence electrons. The molecule has 0 aromatic heterocycles. The van der Waals surface area contributed by atoms with Crippen LogP contribution in [0.25, 0.3) is 10.8 Å². The third-order valence-electron chi connectivity index (χ3n) is 2.46. The predicted octanol–water partition coefficient (Wildman–Crippen LogP) is 3.44. The van der Waals surface area contributed by atoms with Gasteiger partial charge in [0.1, 0.15) is 0 Å². The lowest BCUT2D eigenvalue weighted by atomic mass is 10.1. The zero-order chi connectivity index (χ0) is 13.0. The van der Waals surface area contributed by atoms with Crippen molar-refractivity contribution in [1.82, 2.24) is 0 Å². The molecule has 0 radical (unpaired) electrons. The summed E-state index contributed by atoms with van der Waals surface area (Å²) in [6, 6.07) is 13.1. The smallest absolute Gasteiger partial charge is 0.481 e. The van der Waals surface area contributed by atoms with Gasteiger partial charge in [-0.15, -0.1) is 0 Å². The zero-order valence-electron chi connectivity index (χ0n) is 9.57. The van der Waals surface area contributed by atoms with Gasteiger partial charge in [-0.25, -0.2) is 0 Å². The Balaban J connectivity index is 2.16. The number of aliphatic carboxylic acids is 1. The Kier molecular flexibility index (Phi) is 3.90. The Bertz CT molecular complexity index is 589. The number of carbonyl (C=O) groups is 1. The standard InChI is InChI=1S/C13H11O4P/c14-13(15)8-9-18(16)17-12-7-3-5-10-4-1-2-6-11(10)12/h1-7H,8-9H2/p+1. The highest BCUT2D eigenvalue weighted by molar-refractivity contribution is 7.39. The fourth-order valence-electron chi connectivity index (χ4n) is 1.62. The molecule has 0 fully saturated rings. The number of carboxylic acids is 1. The van der Waals surface area contributed by atoms with Crippen LogP contribution in [0.1, 0.15) is 6.42 Å². The lowest BCUT2D eigenvalue weighted by Gasteiger charge is -2.00. The molecule has 0 heterocycles. The number of rotatable bonds is 5. The minimum atomic E-state index is -1.99. The van der Waals surface area contributed by atoms with Crippen LogP contribution in [-0.2, 0) is 9.36 Å². The Labute approximate surface area is 105 Å². The summed E-state index contributed by atoms with van der Waals surface area (Å²) in [4.78, 5) is 10.4. The Morgan fingerprint density at radius 1 is 1.17 bits per heavy atom. The van der Waals surface area contributed by atoms with Crippen molar-refractivity contribution >= 4 is 24.8 Å². The molecule has 0 aliphatic rings. The van der Waals surface area contributed by atoms with Crippen molar-refractivity contribution in [2.75, 3.05) is 6.16 Å². The van der Waals surface area contributed by atoms with Gasteiger partial charge < -0.3 is 5.11 Å². The van der Waals surface area contributed by atoms with Crippen LogP contribution in [0.2, 0.25) is 0 Å². The summed E-state index contributed by atoms with van der Waals surface area (Å²) in [7, 11) is -1.99. The molecule has 0 aliphatic heterocycles. The molecule has 0 spiro atoms. The minimum absolute atomic E-state index is 0.0217. The molecule has 4 nitrogen and oxygen atoms in total. The van der Waals surface area contributed by atoms with E-state index in [0.717, 1.165) is 10.8 Å². The molecule has 2 aromatic carbocycles. The summed E-state index contributed by atoms with van der Waals surface area (Å²) in [6.07, 6.45) is -0.131. The molecule has 2 rings (SSSR count). The van der Waals surface area contributed by atoms with Crippen LogP contribution in [0, 0.1) is 0 Å². The molecule has 1 N–H and O–H groups in total. The number of hydrogen-bond donors (Lipinski definition) is 1. The van der Waals surface area contributed by atoms with E-state index in [-0.39, 0.29) is 12.6 Å². The van der Waals surface area contributed by atoms with E-state index in [2.05, 4.69) is 0 Å². The van der Waals surface area contributed by atoms with Crippen molar-refractivity contribution in [2.24, 2.45) is 0 Å². The van der Waals surface area contributed by atoms with Gasteiger partial charge in [-0.1, -0.05) is 36.4 Å². The van der Waals surface area contributed by atoms with Crippen LogP contribution >= 0.6 is 8.03 Å². The first-order valence-corrected chi connectivity index (χ1v) is 6.85. The summed E-state index contributed by atoms with van der Waals surface area (Å²) in [5.41, 5.74) is 0. The molecule has 0 amide bonds. The highest BCUT2D eigenvalue weighted by atomic mass is 31.1. The van der Waals surface area contributed by atoms with Gasteiger partial charge in [-0.3, -0.25) is 9.32 Å². The lowest BCUT2D eigenvalue weighted by molar-refractivity contribution is -0.136. The molecule has 5 heteroatoms. The highest BCUT2D eigenvalue weighted by Gasteiger charge is 2.21. The average molecular weight is 263 g/mol. The van der Waals surface area contributed by atoms with Crippen LogP contribution in [0.4, 0.5) is 0 Å². The maximum absolute atomic E-state index is 11.6. The molecule has 1 atom stereocenters. The van der Waals surface area contributed by atoms with Gasteiger partial charge >= 0.3 is 14.0 Å². The summed E-state index contributed by atoms with van der Waals surface area (Å²) >= 11 is 0. The second-order valence-electron chi connectivity index (χ2n) is 3.77. The Hall–Kier alpha value is -1.93. The molecule has 0 aliphatic carbocycles. The lowest BCUT2D eigenvalue weighted by Crippen LogP contribution is -1.97. The maximum atomic E-state index is 11.6. The van der Waals surface area contributed by atoms with E-state index < -0.39 is 14.0 Å². The average Bonchev–Trinajstić information content (AvgIpc) is 2.37. The van der Waals surface area contributed by atoms with Crippen molar-refractivity contribution in [3.63, 3.8) is 0 Å². The van der Waals surface area contributed by atoms with Crippen LogP contribution in [0.15, 0.2) is 42.5 Å². The van der Waals surface area contributed by atoms with Gasteiger partial charge in [0.2, 0.25) is 0 Å². The van der Waals surface area contributed by atoms with Crippen LogP contribution in [0.3, 0.4) is 0 Å². The Morgan fingerprint density at radius 3 is 2.67 bits per heavy atom. The molecule has 0 bridgehead atoms. The number of benzene rings is 2. The molecular formula is C13H12O4P+. The summed E-state index contributed by atoms with van der Waals surface area (Å²) in [6.45, 7) is 0. The molecule has 0 saturated heterocycles. The van der Waals surface area contributed by atoms with E-state index in [1.165, 1.54) is 0 Å². The quantitative estimate of drug-likeness (QED) is 0.839.